The highest BCUT2D eigenvalue weighted by atomic mass is 16.2. The predicted molar refractivity (Wildman–Crippen MR) is 162 cm³/mol. The highest BCUT2D eigenvalue weighted by Crippen LogP contribution is 2.29. The number of hydrogen-bond acceptors (Lipinski definition) is 6. The minimum Gasteiger partial charge on any atom is -0.345 e. The monoisotopic (exact) mass is 547 g/mol. The number of carbonyl (C=O) groups is 2. The van der Waals surface area contributed by atoms with Crippen molar-refractivity contribution in [3.05, 3.63) is 95.8 Å². The summed E-state index contributed by atoms with van der Waals surface area (Å²) in [6.45, 7) is 7.07. The minimum atomic E-state index is -0.265. The van der Waals surface area contributed by atoms with Crippen LogP contribution in [0.5, 0.6) is 0 Å². The maximum Gasteiger partial charge on any atom is 0.255 e. The number of aryl methyl sites for hydroxylation is 1. The molecule has 5 rings (SSSR count). The molecule has 2 N–H and O–H groups in total. The van der Waals surface area contributed by atoms with E-state index < -0.39 is 0 Å². The topological polar surface area (TPSA) is 105 Å². The Labute approximate surface area is 239 Å². The van der Waals surface area contributed by atoms with Crippen LogP contribution in [0.15, 0.2) is 79.1 Å². The average molecular weight is 548 g/mol. The summed E-state index contributed by atoms with van der Waals surface area (Å²) in [5.74, 6) is 0.523. The molecule has 2 heterocycles. The van der Waals surface area contributed by atoms with Gasteiger partial charge in [0.05, 0.1) is 11.2 Å². The van der Waals surface area contributed by atoms with Gasteiger partial charge in [0.15, 0.2) is 0 Å². The molecular weight excluding hydrogens is 514 g/mol. The van der Waals surface area contributed by atoms with Gasteiger partial charge in [-0.1, -0.05) is 38.1 Å². The van der Waals surface area contributed by atoms with Crippen LogP contribution >= 0.6 is 0 Å². The first-order valence-corrected chi connectivity index (χ1v) is 13.5. The van der Waals surface area contributed by atoms with Crippen LogP contribution < -0.4 is 10.6 Å². The standard InChI is InChI=1S/C32H33N7O2/c1-20(2)19-39-28(15-16-34-39)26-8-6-7-24-18-33-32(37-29(24)26)35-25-14-9-21(3)27(17-25)36-30(40)22-10-12-23(13-11-22)31(41)38(4)5/h6-18,20H,19H2,1-5H3,(H,36,40)(H,33,35,37). The average Bonchev–Trinajstić information content (AvgIpc) is 3.41. The number of aromatic nitrogens is 4. The number of nitrogens with zero attached hydrogens (tertiary/aromatic N) is 5. The van der Waals surface area contributed by atoms with Gasteiger partial charge in [0, 0.05) is 66.5 Å². The lowest BCUT2D eigenvalue weighted by Crippen LogP contribution is -2.21. The zero-order valence-corrected chi connectivity index (χ0v) is 23.8. The first kappa shape index (κ1) is 27.5. The summed E-state index contributed by atoms with van der Waals surface area (Å²) in [7, 11) is 3.39. The molecule has 0 unspecified atom stereocenters. The molecule has 5 aromatic rings. The fourth-order valence-electron chi connectivity index (χ4n) is 4.56. The van der Waals surface area contributed by atoms with Crippen LogP contribution in [0.3, 0.4) is 0 Å². The molecule has 9 nitrogen and oxygen atoms in total. The molecule has 2 aromatic heterocycles. The van der Waals surface area contributed by atoms with Crippen LogP contribution in [0, 0.1) is 12.8 Å². The van der Waals surface area contributed by atoms with E-state index in [2.05, 4.69) is 40.6 Å². The molecule has 0 aliphatic carbocycles. The van der Waals surface area contributed by atoms with E-state index in [1.807, 2.05) is 54.2 Å². The second kappa shape index (κ2) is 11.6. The SMILES string of the molecule is Cc1ccc(Nc2ncc3cccc(-c4ccnn4CC(C)C)c3n2)cc1NC(=O)c1ccc(C(=O)N(C)C)cc1. The van der Waals surface area contributed by atoms with Crippen molar-refractivity contribution in [2.24, 2.45) is 5.92 Å². The summed E-state index contributed by atoms with van der Waals surface area (Å²) in [5, 5.41) is 11.7. The fourth-order valence-corrected chi connectivity index (χ4v) is 4.56. The normalized spacial score (nSPS) is 11.1. The molecule has 0 saturated heterocycles. The molecule has 0 atom stereocenters. The lowest BCUT2D eigenvalue weighted by molar-refractivity contribution is 0.0827. The van der Waals surface area contributed by atoms with Gasteiger partial charge >= 0.3 is 0 Å². The smallest absolute Gasteiger partial charge is 0.255 e. The number of rotatable bonds is 8. The molecule has 3 aromatic carbocycles. The summed E-state index contributed by atoms with van der Waals surface area (Å²) < 4.78 is 2.01. The van der Waals surface area contributed by atoms with Crippen molar-refractivity contribution in [2.75, 3.05) is 24.7 Å². The van der Waals surface area contributed by atoms with Gasteiger partial charge in [-0.15, -0.1) is 0 Å². The van der Waals surface area contributed by atoms with Crippen molar-refractivity contribution in [3.8, 4) is 11.3 Å². The van der Waals surface area contributed by atoms with Gasteiger partial charge in [0.25, 0.3) is 11.8 Å². The Balaban J connectivity index is 1.38. The van der Waals surface area contributed by atoms with Gasteiger partial charge in [-0.3, -0.25) is 14.3 Å². The van der Waals surface area contributed by atoms with E-state index in [4.69, 9.17) is 4.98 Å². The van der Waals surface area contributed by atoms with Gasteiger partial charge < -0.3 is 15.5 Å². The molecule has 208 valence electrons. The van der Waals surface area contributed by atoms with E-state index >= 15 is 0 Å². The Hall–Kier alpha value is -5.05. The van der Waals surface area contributed by atoms with Crippen LogP contribution in [0.2, 0.25) is 0 Å². The van der Waals surface area contributed by atoms with E-state index in [1.165, 1.54) is 4.90 Å². The number of nitrogens with one attached hydrogen (secondary N) is 2. The number of anilines is 3. The first-order valence-electron chi connectivity index (χ1n) is 13.5. The molecule has 0 fully saturated rings. The quantitative estimate of drug-likeness (QED) is 0.241. The van der Waals surface area contributed by atoms with Gasteiger partial charge in [0.1, 0.15) is 0 Å². The van der Waals surface area contributed by atoms with Crippen LogP contribution in [0.4, 0.5) is 17.3 Å². The lowest BCUT2D eigenvalue weighted by atomic mass is 10.1. The number of amides is 2. The minimum absolute atomic E-state index is 0.115. The Morgan fingerprint density at radius 2 is 1.73 bits per heavy atom. The fraction of sp³-hybridized carbons (Fsp3) is 0.219. The number of carbonyl (C=O) groups excluding carboxylic acids is 2. The molecule has 41 heavy (non-hydrogen) atoms. The van der Waals surface area contributed by atoms with E-state index in [0.717, 1.165) is 40.0 Å². The van der Waals surface area contributed by atoms with Gasteiger partial charge in [-0.25, -0.2) is 9.97 Å². The molecule has 0 bridgehead atoms. The summed E-state index contributed by atoms with van der Waals surface area (Å²) in [5.41, 5.74) is 6.11. The van der Waals surface area contributed by atoms with E-state index in [-0.39, 0.29) is 11.8 Å². The number of para-hydroxylation sites is 1. The third kappa shape index (κ3) is 6.09. The highest BCUT2D eigenvalue weighted by Gasteiger charge is 2.14. The van der Waals surface area contributed by atoms with Crippen molar-refractivity contribution in [2.45, 2.75) is 27.3 Å². The van der Waals surface area contributed by atoms with Crippen molar-refractivity contribution in [1.29, 1.82) is 0 Å². The Morgan fingerprint density at radius 1 is 0.976 bits per heavy atom. The summed E-state index contributed by atoms with van der Waals surface area (Å²) >= 11 is 0. The van der Waals surface area contributed by atoms with Crippen molar-refractivity contribution < 1.29 is 9.59 Å². The number of fused-ring (bicyclic) bond motifs is 1. The van der Waals surface area contributed by atoms with Gasteiger partial charge in [-0.2, -0.15) is 5.10 Å². The molecule has 0 spiro atoms. The summed E-state index contributed by atoms with van der Waals surface area (Å²) in [4.78, 5) is 36.0. The maximum absolute atomic E-state index is 13.0. The molecule has 0 aliphatic heterocycles. The van der Waals surface area contributed by atoms with Crippen LogP contribution in [0.1, 0.15) is 40.1 Å². The summed E-state index contributed by atoms with van der Waals surface area (Å²) in [6.07, 6.45) is 3.62. The van der Waals surface area contributed by atoms with Crippen molar-refractivity contribution >= 4 is 40.0 Å². The van der Waals surface area contributed by atoms with Crippen LogP contribution in [0.25, 0.3) is 22.2 Å². The van der Waals surface area contributed by atoms with Crippen LogP contribution in [-0.2, 0) is 6.54 Å². The van der Waals surface area contributed by atoms with Crippen molar-refractivity contribution in [3.63, 3.8) is 0 Å². The zero-order chi connectivity index (χ0) is 29.1. The predicted octanol–water partition coefficient (Wildman–Crippen LogP) is 6.16. The molecule has 9 heteroatoms. The first-order chi connectivity index (χ1) is 19.7. The number of benzene rings is 3. The highest BCUT2D eigenvalue weighted by molar-refractivity contribution is 6.05. The van der Waals surface area contributed by atoms with Gasteiger partial charge in [0.2, 0.25) is 5.95 Å². The van der Waals surface area contributed by atoms with E-state index in [9.17, 15) is 9.59 Å². The number of hydrogen-bond donors (Lipinski definition) is 2. The second-order valence-corrected chi connectivity index (χ2v) is 10.6. The van der Waals surface area contributed by atoms with E-state index in [0.29, 0.717) is 28.7 Å². The molecule has 0 aliphatic rings. The lowest BCUT2D eigenvalue weighted by Gasteiger charge is -2.14. The van der Waals surface area contributed by atoms with Gasteiger partial charge in [-0.05, 0) is 60.9 Å². The third-order valence-corrected chi connectivity index (χ3v) is 6.68. The molecule has 0 radical (unpaired) electrons. The largest absolute Gasteiger partial charge is 0.345 e. The second-order valence-electron chi connectivity index (χ2n) is 10.6. The zero-order valence-electron chi connectivity index (χ0n) is 23.8. The molecule has 0 saturated carbocycles. The van der Waals surface area contributed by atoms with E-state index in [1.54, 1.807) is 44.6 Å². The third-order valence-electron chi connectivity index (χ3n) is 6.68. The molecule has 2 amide bonds. The van der Waals surface area contributed by atoms with Crippen molar-refractivity contribution in [1.82, 2.24) is 24.6 Å². The Morgan fingerprint density at radius 3 is 2.46 bits per heavy atom. The Bertz CT molecular complexity index is 1720. The molecular formula is C32H33N7O2. The van der Waals surface area contributed by atoms with Crippen LogP contribution in [-0.4, -0.2) is 50.6 Å². The maximum atomic E-state index is 13.0. The summed E-state index contributed by atoms with van der Waals surface area (Å²) in [6, 6.07) is 20.4. The Kier molecular flexibility index (Phi) is 7.78.